The Morgan fingerprint density at radius 3 is 2.45 bits per heavy atom. The van der Waals surface area contributed by atoms with Crippen molar-refractivity contribution in [3.63, 3.8) is 0 Å². The third-order valence-corrected chi connectivity index (χ3v) is 4.10. The van der Waals surface area contributed by atoms with Crippen LogP contribution >= 0.6 is 0 Å². The van der Waals surface area contributed by atoms with Crippen molar-refractivity contribution in [3.8, 4) is 11.5 Å². The number of halogens is 1. The van der Waals surface area contributed by atoms with E-state index in [1.165, 1.54) is 5.56 Å². The molecule has 0 saturated carbocycles. The Labute approximate surface area is 130 Å². The van der Waals surface area contributed by atoms with E-state index in [1.54, 1.807) is 26.4 Å². The highest BCUT2D eigenvalue weighted by molar-refractivity contribution is 5.51. The van der Waals surface area contributed by atoms with Crippen LogP contribution in [-0.4, -0.2) is 20.8 Å². The van der Waals surface area contributed by atoms with Crippen molar-refractivity contribution >= 4 is 0 Å². The molecule has 0 saturated heterocycles. The predicted octanol–water partition coefficient (Wildman–Crippen LogP) is 3.39. The number of ether oxygens (including phenoxy) is 2. The Hall–Kier alpha value is -2.07. The first-order valence-electron chi connectivity index (χ1n) is 7.37. The highest BCUT2D eigenvalue weighted by Gasteiger charge is 2.24. The minimum atomic E-state index is -0.204. The summed E-state index contributed by atoms with van der Waals surface area (Å²) in [5, 5.41) is 3.47. The van der Waals surface area contributed by atoms with Crippen LogP contribution in [0.5, 0.6) is 11.5 Å². The van der Waals surface area contributed by atoms with Gasteiger partial charge in [0.1, 0.15) is 5.82 Å². The van der Waals surface area contributed by atoms with Crippen LogP contribution in [0, 0.1) is 12.7 Å². The lowest BCUT2D eigenvalue weighted by Gasteiger charge is -2.28. The fourth-order valence-corrected chi connectivity index (χ4v) is 3.11. The van der Waals surface area contributed by atoms with Crippen molar-refractivity contribution in [1.29, 1.82) is 0 Å². The Kier molecular flexibility index (Phi) is 4.03. The number of fused-ring (bicyclic) bond motifs is 1. The second-order valence-corrected chi connectivity index (χ2v) is 5.61. The second-order valence-electron chi connectivity index (χ2n) is 5.61. The molecule has 1 unspecified atom stereocenters. The number of rotatable bonds is 3. The molecule has 2 aromatic rings. The number of aryl methyl sites for hydroxylation is 1. The standard InChI is InChI=1S/C18H20FNO2/c1-11-6-13(8-14(19)7-11)18-15-10-17(22-3)16(21-2)9-12(15)4-5-20-18/h6-10,18,20H,4-5H2,1-3H3. The van der Waals surface area contributed by atoms with Crippen LogP contribution in [0.3, 0.4) is 0 Å². The minimum absolute atomic E-state index is 0.0297. The summed E-state index contributed by atoms with van der Waals surface area (Å²) in [5.74, 6) is 1.23. The van der Waals surface area contributed by atoms with Gasteiger partial charge in [-0.05, 0) is 59.9 Å². The fourth-order valence-electron chi connectivity index (χ4n) is 3.11. The number of methoxy groups -OCH3 is 2. The number of benzene rings is 2. The average molecular weight is 301 g/mol. The molecule has 3 rings (SSSR count). The molecule has 1 atom stereocenters. The van der Waals surface area contributed by atoms with Gasteiger partial charge in [0.2, 0.25) is 0 Å². The smallest absolute Gasteiger partial charge is 0.161 e. The number of hydrogen-bond donors (Lipinski definition) is 1. The van der Waals surface area contributed by atoms with Gasteiger partial charge in [-0.25, -0.2) is 4.39 Å². The van der Waals surface area contributed by atoms with E-state index in [9.17, 15) is 4.39 Å². The van der Waals surface area contributed by atoms with Crippen molar-refractivity contribution in [2.45, 2.75) is 19.4 Å². The lowest BCUT2D eigenvalue weighted by Crippen LogP contribution is -2.30. The Bertz CT molecular complexity index is 679. The summed E-state index contributed by atoms with van der Waals surface area (Å²) in [5.41, 5.74) is 4.19. The third-order valence-electron chi connectivity index (χ3n) is 4.10. The van der Waals surface area contributed by atoms with Crippen LogP contribution in [-0.2, 0) is 6.42 Å². The quantitative estimate of drug-likeness (QED) is 0.942. The van der Waals surface area contributed by atoms with Crippen molar-refractivity contribution in [2.75, 3.05) is 20.8 Å². The average Bonchev–Trinajstić information content (AvgIpc) is 2.51. The maximum Gasteiger partial charge on any atom is 0.161 e. The van der Waals surface area contributed by atoms with Crippen molar-refractivity contribution in [2.24, 2.45) is 0 Å². The summed E-state index contributed by atoms with van der Waals surface area (Å²) in [6.07, 6.45) is 0.917. The van der Waals surface area contributed by atoms with E-state index in [1.807, 2.05) is 25.1 Å². The number of nitrogens with one attached hydrogen (secondary N) is 1. The van der Waals surface area contributed by atoms with Gasteiger partial charge in [-0.3, -0.25) is 0 Å². The van der Waals surface area contributed by atoms with Crippen LogP contribution in [0.15, 0.2) is 30.3 Å². The highest BCUT2D eigenvalue weighted by atomic mass is 19.1. The Morgan fingerprint density at radius 1 is 1.05 bits per heavy atom. The summed E-state index contributed by atoms with van der Waals surface area (Å²) in [6.45, 7) is 2.76. The molecule has 0 aliphatic carbocycles. The Balaban J connectivity index is 2.10. The van der Waals surface area contributed by atoms with E-state index < -0.39 is 0 Å². The first kappa shape index (κ1) is 14.9. The molecule has 4 heteroatoms. The van der Waals surface area contributed by atoms with E-state index in [2.05, 4.69) is 5.32 Å². The molecule has 1 aliphatic heterocycles. The third kappa shape index (κ3) is 2.66. The van der Waals surface area contributed by atoms with E-state index in [0.29, 0.717) is 5.75 Å². The first-order valence-corrected chi connectivity index (χ1v) is 7.37. The molecular formula is C18H20FNO2. The number of hydrogen-bond acceptors (Lipinski definition) is 3. The van der Waals surface area contributed by atoms with Gasteiger partial charge in [0.05, 0.1) is 20.3 Å². The predicted molar refractivity (Wildman–Crippen MR) is 84.2 cm³/mol. The van der Waals surface area contributed by atoms with Crippen LogP contribution in [0.1, 0.15) is 28.3 Å². The van der Waals surface area contributed by atoms with Gasteiger partial charge in [0.15, 0.2) is 11.5 Å². The van der Waals surface area contributed by atoms with Crippen LogP contribution in [0.2, 0.25) is 0 Å². The SMILES string of the molecule is COc1cc2c(cc1OC)C(c1cc(C)cc(F)c1)NCC2. The maximum absolute atomic E-state index is 13.8. The zero-order chi connectivity index (χ0) is 15.7. The van der Waals surface area contributed by atoms with E-state index in [0.717, 1.165) is 35.4 Å². The highest BCUT2D eigenvalue weighted by Crippen LogP contribution is 2.37. The molecule has 116 valence electrons. The molecule has 1 heterocycles. The van der Waals surface area contributed by atoms with Crippen molar-refractivity contribution < 1.29 is 13.9 Å². The molecule has 0 aromatic heterocycles. The lowest BCUT2D eigenvalue weighted by molar-refractivity contribution is 0.353. The molecule has 0 bridgehead atoms. The van der Waals surface area contributed by atoms with Gasteiger partial charge in [0.25, 0.3) is 0 Å². The molecule has 0 amide bonds. The summed E-state index contributed by atoms with van der Waals surface area (Å²) in [4.78, 5) is 0. The topological polar surface area (TPSA) is 30.5 Å². The zero-order valence-corrected chi connectivity index (χ0v) is 13.1. The minimum Gasteiger partial charge on any atom is -0.493 e. The van der Waals surface area contributed by atoms with Crippen molar-refractivity contribution in [3.05, 3.63) is 58.4 Å². The van der Waals surface area contributed by atoms with Crippen LogP contribution in [0.4, 0.5) is 4.39 Å². The summed E-state index contributed by atoms with van der Waals surface area (Å²) >= 11 is 0. The van der Waals surface area contributed by atoms with Gasteiger partial charge < -0.3 is 14.8 Å². The van der Waals surface area contributed by atoms with Crippen LogP contribution < -0.4 is 14.8 Å². The molecule has 0 spiro atoms. The molecule has 2 aromatic carbocycles. The monoisotopic (exact) mass is 301 g/mol. The molecule has 3 nitrogen and oxygen atoms in total. The molecule has 1 aliphatic rings. The second kappa shape index (κ2) is 5.97. The summed E-state index contributed by atoms with van der Waals surface area (Å²) < 4.78 is 24.5. The molecular weight excluding hydrogens is 281 g/mol. The molecule has 22 heavy (non-hydrogen) atoms. The Morgan fingerprint density at radius 2 is 1.77 bits per heavy atom. The maximum atomic E-state index is 13.8. The normalized spacial score (nSPS) is 17.0. The summed E-state index contributed by atoms with van der Waals surface area (Å²) in [7, 11) is 3.26. The zero-order valence-electron chi connectivity index (χ0n) is 13.1. The fraction of sp³-hybridized carbons (Fsp3) is 0.333. The summed E-state index contributed by atoms with van der Waals surface area (Å²) in [6, 6.07) is 9.14. The molecule has 0 fully saturated rings. The van der Waals surface area contributed by atoms with Crippen molar-refractivity contribution in [1.82, 2.24) is 5.32 Å². The molecule has 0 radical (unpaired) electrons. The molecule has 1 N–H and O–H groups in total. The van der Waals surface area contributed by atoms with Crippen LogP contribution in [0.25, 0.3) is 0 Å². The van der Waals surface area contributed by atoms with Gasteiger partial charge in [-0.1, -0.05) is 6.07 Å². The first-order chi connectivity index (χ1) is 10.6. The van der Waals surface area contributed by atoms with Gasteiger partial charge in [-0.2, -0.15) is 0 Å². The van der Waals surface area contributed by atoms with Gasteiger partial charge >= 0.3 is 0 Å². The van der Waals surface area contributed by atoms with E-state index in [4.69, 9.17) is 9.47 Å². The largest absolute Gasteiger partial charge is 0.493 e. The van der Waals surface area contributed by atoms with E-state index in [-0.39, 0.29) is 11.9 Å². The lowest BCUT2D eigenvalue weighted by atomic mass is 9.89. The van der Waals surface area contributed by atoms with Gasteiger partial charge in [0, 0.05) is 6.54 Å². The van der Waals surface area contributed by atoms with Gasteiger partial charge in [-0.15, -0.1) is 0 Å². The van der Waals surface area contributed by atoms with E-state index >= 15 is 0 Å².